The maximum atomic E-state index is 13.2. The standard InChI is InChI=1S/C27H29N3O.2ClH/c31-26-20-27(23-10-4-1-5-11-23,24-12-6-2-7-13-24)21-30(26)22-28-16-18-29(19-17-28)25-14-8-3-9-15-25;;/h1-15H,16-22H2;2*1H. The first-order valence-electron chi connectivity index (χ1n) is 11.2. The van der Waals surface area contributed by atoms with Crippen molar-refractivity contribution in [3.05, 3.63) is 102 Å². The summed E-state index contributed by atoms with van der Waals surface area (Å²) in [5.41, 5.74) is 3.47. The maximum Gasteiger partial charge on any atom is 0.224 e. The van der Waals surface area contributed by atoms with Crippen LogP contribution in [0.25, 0.3) is 0 Å². The lowest BCUT2D eigenvalue weighted by Gasteiger charge is -2.38. The first-order valence-corrected chi connectivity index (χ1v) is 11.2. The summed E-state index contributed by atoms with van der Waals surface area (Å²) in [5, 5.41) is 0. The van der Waals surface area contributed by atoms with Crippen molar-refractivity contribution < 1.29 is 4.79 Å². The normalized spacial score (nSPS) is 17.9. The fourth-order valence-corrected chi connectivity index (χ4v) is 5.06. The molecule has 174 valence electrons. The molecular formula is C27H31Cl2N3O. The zero-order valence-corrected chi connectivity index (χ0v) is 20.3. The van der Waals surface area contributed by atoms with Crippen LogP contribution >= 0.6 is 24.8 Å². The van der Waals surface area contributed by atoms with Crippen LogP contribution < -0.4 is 4.90 Å². The number of nitrogens with zero attached hydrogens (tertiary/aromatic N) is 3. The number of halogens is 2. The first-order chi connectivity index (χ1) is 15.2. The molecule has 0 N–H and O–H groups in total. The SMILES string of the molecule is Cl.Cl.O=C1CC(c2ccccc2)(c2ccccc2)CN1CN1CCN(c2ccccc2)CC1. The highest BCUT2D eigenvalue weighted by Gasteiger charge is 2.46. The molecule has 0 radical (unpaired) electrons. The molecule has 0 atom stereocenters. The second kappa shape index (κ2) is 11.1. The van der Waals surface area contributed by atoms with Crippen LogP contribution in [0.15, 0.2) is 91.0 Å². The monoisotopic (exact) mass is 483 g/mol. The van der Waals surface area contributed by atoms with E-state index in [-0.39, 0.29) is 36.1 Å². The van der Waals surface area contributed by atoms with Crippen molar-refractivity contribution in [1.82, 2.24) is 9.80 Å². The number of likely N-dealkylation sites (tertiary alicyclic amines) is 1. The lowest BCUT2D eigenvalue weighted by Crippen LogP contribution is -2.50. The van der Waals surface area contributed by atoms with Crippen LogP contribution in [0, 0.1) is 0 Å². The molecule has 1 amide bonds. The van der Waals surface area contributed by atoms with Crippen LogP contribution in [0.1, 0.15) is 17.5 Å². The second-order valence-electron chi connectivity index (χ2n) is 8.66. The molecule has 3 aromatic carbocycles. The molecule has 0 bridgehead atoms. The first kappa shape index (κ1) is 25.1. The molecule has 0 aliphatic carbocycles. The molecule has 33 heavy (non-hydrogen) atoms. The van der Waals surface area contributed by atoms with E-state index >= 15 is 0 Å². The molecule has 2 aliphatic rings. The highest BCUT2D eigenvalue weighted by Crippen LogP contribution is 2.41. The van der Waals surface area contributed by atoms with Crippen LogP contribution in [-0.2, 0) is 10.2 Å². The summed E-state index contributed by atoms with van der Waals surface area (Å²) in [6.45, 7) is 5.38. The Labute approximate surface area is 209 Å². The number of para-hydroxylation sites is 1. The summed E-state index contributed by atoms with van der Waals surface area (Å²) in [5.74, 6) is 0.248. The van der Waals surface area contributed by atoms with E-state index in [9.17, 15) is 4.79 Å². The Morgan fingerprint density at radius 2 is 1.15 bits per heavy atom. The average Bonchev–Trinajstić information content (AvgIpc) is 3.18. The maximum absolute atomic E-state index is 13.2. The van der Waals surface area contributed by atoms with Crippen molar-refractivity contribution >= 4 is 36.4 Å². The number of rotatable bonds is 5. The molecule has 0 spiro atoms. The van der Waals surface area contributed by atoms with Gasteiger partial charge in [0.1, 0.15) is 0 Å². The molecule has 2 fully saturated rings. The van der Waals surface area contributed by atoms with Crippen molar-refractivity contribution in [2.45, 2.75) is 11.8 Å². The Balaban J connectivity index is 0.00000153. The van der Waals surface area contributed by atoms with Gasteiger partial charge in [0.25, 0.3) is 0 Å². The fourth-order valence-electron chi connectivity index (χ4n) is 5.06. The summed E-state index contributed by atoms with van der Waals surface area (Å²) >= 11 is 0. The molecule has 0 unspecified atom stereocenters. The van der Waals surface area contributed by atoms with Gasteiger partial charge in [-0.1, -0.05) is 78.9 Å². The summed E-state index contributed by atoms with van der Waals surface area (Å²) in [7, 11) is 0. The number of hydrogen-bond acceptors (Lipinski definition) is 3. The van der Waals surface area contributed by atoms with Gasteiger partial charge in [-0.15, -0.1) is 24.8 Å². The number of anilines is 1. The Morgan fingerprint density at radius 3 is 1.67 bits per heavy atom. The van der Waals surface area contributed by atoms with E-state index < -0.39 is 0 Å². The minimum Gasteiger partial charge on any atom is -0.369 e. The van der Waals surface area contributed by atoms with Gasteiger partial charge < -0.3 is 9.80 Å². The van der Waals surface area contributed by atoms with E-state index in [2.05, 4.69) is 93.6 Å². The van der Waals surface area contributed by atoms with Gasteiger partial charge in [0.2, 0.25) is 5.91 Å². The van der Waals surface area contributed by atoms with E-state index in [1.54, 1.807) is 0 Å². The minimum atomic E-state index is -0.272. The number of carbonyl (C=O) groups is 1. The van der Waals surface area contributed by atoms with Crippen molar-refractivity contribution in [2.24, 2.45) is 0 Å². The van der Waals surface area contributed by atoms with Crippen molar-refractivity contribution in [2.75, 3.05) is 44.3 Å². The molecule has 0 aromatic heterocycles. The van der Waals surface area contributed by atoms with Crippen molar-refractivity contribution in [3.63, 3.8) is 0 Å². The molecule has 3 aromatic rings. The lowest BCUT2D eigenvalue weighted by atomic mass is 9.74. The topological polar surface area (TPSA) is 26.8 Å². The zero-order valence-electron chi connectivity index (χ0n) is 18.7. The second-order valence-corrected chi connectivity index (χ2v) is 8.66. The van der Waals surface area contributed by atoms with Gasteiger partial charge in [0.05, 0.1) is 6.67 Å². The summed E-state index contributed by atoms with van der Waals surface area (Å²) in [6, 6.07) is 31.7. The summed E-state index contributed by atoms with van der Waals surface area (Å²) < 4.78 is 0. The van der Waals surface area contributed by atoms with Gasteiger partial charge in [0.15, 0.2) is 0 Å². The van der Waals surface area contributed by atoms with Gasteiger partial charge in [-0.25, -0.2) is 0 Å². The predicted molar refractivity (Wildman–Crippen MR) is 140 cm³/mol. The molecule has 6 heteroatoms. The molecule has 2 aliphatic heterocycles. The predicted octanol–water partition coefficient (Wildman–Crippen LogP) is 4.83. The minimum absolute atomic E-state index is 0. The highest BCUT2D eigenvalue weighted by atomic mass is 35.5. The van der Waals surface area contributed by atoms with E-state index in [0.29, 0.717) is 13.1 Å². The van der Waals surface area contributed by atoms with Gasteiger partial charge >= 0.3 is 0 Å². The number of benzene rings is 3. The van der Waals surface area contributed by atoms with Crippen LogP contribution in [-0.4, -0.2) is 55.1 Å². The van der Waals surface area contributed by atoms with Crippen molar-refractivity contribution in [1.29, 1.82) is 0 Å². The van der Waals surface area contributed by atoms with Gasteiger partial charge in [0, 0.05) is 50.2 Å². The molecule has 4 nitrogen and oxygen atoms in total. The smallest absolute Gasteiger partial charge is 0.224 e. The Bertz CT molecular complexity index is 970. The zero-order chi connectivity index (χ0) is 21.1. The third-order valence-electron chi connectivity index (χ3n) is 6.78. The summed E-state index contributed by atoms with van der Waals surface area (Å²) in [4.78, 5) is 20.1. The largest absolute Gasteiger partial charge is 0.369 e. The third kappa shape index (κ3) is 5.19. The molecular weight excluding hydrogens is 453 g/mol. The van der Waals surface area contributed by atoms with Gasteiger partial charge in [-0.2, -0.15) is 0 Å². The fraction of sp³-hybridized carbons (Fsp3) is 0.296. The molecule has 2 saturated heterocycles. The van der Waals surface area contributed by atoms with Crippen molar-refractivity contribution in [3.8, 4) is 0 Å². The average molecular weight is 484 g/mol. The lowest BCUT2D eigenvalue weighted by molar-refractivity contribution is -0.129. The van der Waals surface area contributed by atoms with E-state index in [4.69, 9.17) is 0 Å². The van der Waals surface area contributed by atoms with Crippen LogP contribution in [0.2, 0.25) is 0 Å². The van der Waals surface area contributed by atoms with E-state index in [1.165, 1.54) is 16.8 Å². The number of amides is 1. The Hall–Kier alpha value is -2.53. The van der Waals surface area contributed by atoms with Gasteiger partial charge in [-0.3, -0.25) is 9.69 Å². The van der Waals surface area contributed by atoms with Crippen LogP contribution in [0.5, 0.6) is 0 Å². The Morgan fingerprint density at radius 1 is 0.667 bits per heavy atom. The van der Waals surface area contributed by atoms with Gasteiger partial charge in [-0.05, 0) is 23.3 Å². The number of piperazine rings is 1. The highest BCUT2D eigenvalue weighted by molar-refractivity contribution is 5.85. The van der Waals surface area contributed by atoms with Crippen LogP contribution in [0.3, 0.4) is 0 Å². The third-order valence-corrected chi connectivity index (χ3v) is 6.78. The Kier molecular flexibility index (Phi) is 8.41. The quantitative estimate of drug-likeness (QED) is 0.519. The molecule has 5 rings (SSSR count). The molecule has 2 heterocycles. The van der Waals surface area contributed by atoms with Crippen LogP contribution in [0.4, 0.5) is 5.69 Å². The van der Waals surface area contributed by atoms with E-state index in [0.717, 1.165) is 32.7 Å². The number of hydrogen-bond donors (Lipinski definition) is 0. The van der Waals surface area contributed by atoms with E-state index in [1.807, 2.05) is 12.1 Å². The molecule has 0 saturated carbocycles. The number of carbonyl (C=O) groups excluding carboxylic acids is 1. The summed E-state index contributed by atoms with van der Waals surface area (Å²) in [6.07, 6.45) is 0.533.